The van der Waals surface area contributed by atoms with E-state index in [2.05, 4.69) is 0 Å². The largest absolute Gasteiger partial charge is 0.444 e. The molecule has 0 unspecified atom stereocenters. The van der Waals surface area contributed by atoms with Gasteiger partial charge in [-0.3, -0.25) is 0 Å². The Bertz CT molecular complexity index is 292. The lowest BCUT2D eigenvalue weighted by molar-refractivity contribution is -0.230. The van der Waals surface area contributed by atoms with Crippen LogP contribution in [0.5, 0.6) is 0 Å². The number of rotatable bonds is 1. The van der Waals surface area contributed by atoms with Crippen LogP contribution in [0.4, 0.5) is 18.0 Å². The number of amides is 1. The number of aliphatic hydroxyl groups is 1. The van der Waals surface area contributed by atoms with Gasteiger partial charge in [-0.15, -0.1) is 0 Å². The van der Waals surface area contributed by atoms with Gasteiger partial charge in [0.2, 0.25) is 0 Å². The first-order valence-corrected chi connectivity index (χ1v) is 5.23. The van der Waals surface area contributed by atoms with E-state index in [1.54, 1.807) is 20.8 Å². The van der Waals surface area contributed by atoms with Crippen molar-refractivity contribution in [2.24, 2.45) is 5.92 Å². The highest BCUT2D eigenvalue weighted by molar-refractivity contribution is 5.69. The molecule has 0 aromatic carbocycles. The second-order valence-corrected chi connectivity index (χ2v) is 5.13. The number of halogens is 3. The molecule has 0 spiro atoms. The van der Waals surface area contributed by atoms with E-state index in [0.717, 1.165) is 4.90 Å². The highest BCUT2D eigenvalue weighted by Gasteiger charge is 2.49. The second-order valence-electron chi connectivity index (χ2n) is 5.13. The quantitative estimate of drug-likeness (QED) is 0.777. The molecule has 1 heterocycles. The van der Waals surface area contributed by atoms with Gasteiger partial charge in [0.25, 0.3) is 0 Å². The zero-order chi connectivity index (χ0) is 13.4. The normalized spacial score (nSPS) is 19.8. The molecule has 4 nitrogen and oxygen atoms in total. The first-order chi connectivity index (χ1) is 7.50. The zero-order valence-corrected chi connectivity index (χ0v) is 9.91. The standard InChI is InChI=1S/C10H16F3NO3/c1-9(2,3)17-8(16)14-4-6(5-14)7(15)10(11,12)13/h6-7,15H,4-5H2,1-3H3/t7-/m1/s1. The van der Waals surface area contributed by atoms with Crippen molar-refractivity contribution < 1.29 is 27.8 Å². The van der Waals surface area contributed by atoms with E-state index in [0.29, 0.717) is 0 Å². The Hall–Kier alpha value is -0.980. The molecule has 1 N–H and O–H groups in total. The lowest BCUT2D eigenvalue weighted by atomic mass is 9.94. The number of aliphatic hydroxyl groups excluding tert-OH is 1. The van der Waals surface area contributed by atoms with E-state index >= 15 is 0 Å². The van der Waals surface area contributed by atoms with E-state index in [-0.39, 0.29) is 13.1 Å². The molecular formula is C10H16F3NO3. The lowest BCUT2D eigenvalue weighted by Gasteiger charge is -2.42. The summed E-state index contributed by atoms with van der Waals surface area (Å²) in [6, 6.07) is 0. The van der Waals surface area contributed by atoms with Gasteiger partial charge in [0, 0.05) is 19.0 Å². The molecule has 0 radical (unpaired) electrons. The Morgan fingerprint density at radius 1 is 1.35 bits per heavy atom. The summed E-state index contributed by atoms with van der Waals surface area (Å²) >= 11 is 0. The van der Waals surface area contributed by atoms with Gasteiger partial charge < -0.3 is 14.7 Å². The second kappa shape index (κ2) is 4.36. The minimum absolute atomic E-state index is 0.129. The van der Waals surface area contributed by atoms with Crippen molar-refractivity contribution >= 4 is 6.09 Å². The molecule has 1 saturated heterocycles. The Kier molecular flexibility index (Phi) is 3.61. The number of hydrogen-bond acceptors (Lipinski definition) is 3. The number of hydrogen-bond donors (Lipinski definition) is 1. The van der Waals surface area contributed by atoms with Crippen LogP contribution < -0.4 is 0 Å². The molecule has 0 bridgehead atoms. The molecule has 1 atom stereocenters. The summed E-state index contributed by atoms with van der Waals surface area (Å²) < 4.78 is 41.4. The highest BCUT2D eigenvalue weighted by atomic mass is 19.4. The lowest BCUT2D eigenvalue weighted by Crippen LogP contribution is -2.58. The van der Waals surface area contributed by atoms with Crippen LogP contribution in [-0.2, 0) is 4.74 Å². The molecule has 1 rings (SSSR count). The van der Waals surface area contributed by atoms with E-state index in [4.69, 9.17) is 9.84 Å². The van der Waals surface area contributed by atoms with Gasteiger partial charge in [-0.25, -0.2) is 4.79 Å². The van der Waals surface area contributed by atoms with E-state index in [9.17, 15) is 18.0 Å². The van der Waals surface area contributed by atoms with Gasteiger partial charge in [-0.1, -0.05) is 0 Å². The molecule has 100 valence electrons. The minimum Gasteiger partial charge on any atom is -0.444 e. The van der Waals surface area contributed by atoms with Crippen LogP contribution in [0.3, 0.4) is 0 Å². The zero-order valence-electron chi connectivity index (χ0n) is 9.91. The van der Waals surface area contributed by atoms with Crippen LogP contribution in [0.15, 0.2) is 0 Å². The van der Waals surface area contributed by atoms with Crippen molar-refractivity contribution in [3.05, 3.63) is 0 Å². The van der Waals surface area contributed by atoms with Crippen LogP contribution >= 0.6 is 0 Å². The highest BCUT2D eigenvalue weighted by Crippen LogP contribution is 2.31. The maximum absolute atomic E-state index is 12.1. The van der Waals surface area contributed by atoms with Crippen molar-refractivity contribution in [3.63, 3.8) is 0 Å². The number of carbonyl (C=O) groups is 1. The summed E-state index contributed by atoms with van der Waals surface area (Å²) in [5.41, 5.74) is -0.676. The van der Waals surface area contributed by atoms with Gasteiger partial charge in [0.05, 0.1) is 0 Å². The number of nitrogens with zero attached hydrogens (tertiary/aromatic N) is 1. The molecule has 7 heteroatoms. The Morgan fingerprint density at radius 3 is 2.18 bits per heavy atom. The van der Waals surface area contributed by atoms with Gasteiger partial charge >= 0.3 is 12.3 Å². The maximum Gasteiger partial charge on any atom is 0.414 e. The van der Waals surface area contributed by atoms with Gasteiger partial charge in [0.1, 0.15) is 5.60 Å². The van der Waals surface area contributed by atoms with Gasteiger partial charge in [-0.05, 0) is 20.8 Å². The smallest absolute Gasteiger partial charge is 0.414 e. The SMILES string of the molecule is CC(C)(C)OC(=O)N1CC([C@@H](O)C(F)(F)F)C1. The van der Waals surface area contributed by atoms with Crippen molar-refractivity contribution in [3.8, 4) is 0 Å². The fourth-order valence-corrected chi connectivity index (χ4v) is 1.46. The Balaban J connectivity index is 2.40. The van der Waals surface area contributed by atoms with E-state index < -0.39 is 29.9 Å². The average Bonchev–Trinajstić information content (AvgIpc) is 1.94. The van der Waals surface area contributed by atoms with Crippen LogP contribution in [-0.4, -0.2) is 47.1 Å². The van der Waals surface area contributed by atoms with Crippen LogP contribution in [0, 0.1) is 5.92 Å². The topological polar surface area (TPSA) is 49.8 Å². The average molecular weight is 255 g/mol. The van der Waals surface area contributed by atoms with E-state index in [1.807, 2.05) is 0 Å². The minimum atomic E-state index is -4.63. The molecule has 1 fully saturated rings. The molecule has 0 aromatic rings. The van der Waals surface area contributed by atoms with Crippen molar-refractivity contribution in [1.29, 1.82) is 0 Å². The molecule has 0 aromatic heterocycles. The van der Waals surface area contributed by atoms with Crippen LogP contribution in [0.25, 0.3) is 0 Å². The summed E-state index contributed by atoms with van der Waals surface area (Å²) in [5, 5.41) is 8.93. The molecule has 0 saturated carbocycles. The number of alkyl halides is 3. The summed E-state index contributed by atoms with van der Waals surface area (Å²) in [6.45, 7) is 4.76. The molecule has 0 aliphatic carbocycles. The summed E-state index contributed by atoms with van der Waals surface area (Å²) in [6.07, 6.45) is -7.66. The number of ether oxygens (including phenoxy) is 1. The molecule has 1 aliphatic heterocycles. The third-order valence-corrected chi connectivity index (χ3v) is 2.34. The predicted octanol–water partition coefficient (Wildman–Crippen LogP) is 1.78. The van der Waals surface area contributed by atoms with E-state index in [1.165, 1.54) is 0 Å². The number of likely N-dealkylation sites (tertiary alicyclic amines) is 1. The molecule has 17 heavy (non-hydrogen) atoms. The monoisotopic (exact) mass is 255 g/mol. The summed E-state index contributed by atoms with van der Waals surface area (Å²) in [5.74, 6) is -0.956. The maximum atomic E-state index is 12.1. The fourth-order valence-electron chi connectivity index (χ4n) is 1.46. The fraction of sp³-hybridized carbons (Fsp3) is 0.900. The molecular weight excluding hydrogens is 239 g/mol. The summed E-state index contributed by atoms with van der Waals surface area (Å²) in [7, 11) is 0. The van der Waals surface area contributed by atoms with Crippen LogP contribution in [0.1, 0.15) is 20.8 Å². The van der Waals surface area contributed by atoms with Crippen molar-refractivity contribution in [2.45, 2.75) is 38.7 Å². The Morgan fingerprint density at radius 2 is 1.82 bits per heavy atom. The first-order valence-electron chi connectivity index (χ1n) is 5.23. The third-order valence-electron chi connectivity index (χ3n) is 2.34. The van der Waals surface area contributed by atoms with Crippen molar-refractivity contribution in [2.75, 3.05) is 13.1 Å². The Labute approximate surface area is 97.3 Å². The van der Waals surface area contributed by atoms with Gasteiger partial charge in [0.15, 0.2) is 6.10 Å². The molecule has 1 amide bonds. The first kappa shape index (κ1) is 14.1. The number of carbonyl (C=O) groups excluding carboxylic acids is 1. The van der Waals surface area contributed by atoms with Crippen molar-refractivity contribution in [1.82, 2.24) is 4.90 Å². The van der Waals surface area contributed by atoms with Crippen LogP contribution in [0.2, 0.25) is 0 Å². The van der Waals surface area contributed by atoms with Gasteiger partial charge in [-0.2, -0.15) is 13.2 Å². The predicted molar refractivity (Wildman–Crippen MR) is 53.4 cm³/mol. The third kappa shape index (κ3) is 3.76. The summed E-state index contributed by atoms with van der Waals surface area (Å²) in [4.78, 5) is 12.5. The molecule has 1 aliphatic rings.